The van der Waals surface area contributed by atoms with Gasteiger partial charge in [-0.1, -0.05) is 0 Å². The van der Waals surface area contributed by atoms with E-state index in [0.29, 0.717) is 0 Å². The molecule has 0 fully saturated rings. The predicted molar refractivity (Wildman–Crippen MR) is 63.5 cm³/mol. The Balaban J connectivity index is 2.37. The van der Waals surface area contributed by atoms with Crippen LogP contribution in [0.1, 0.15) is 30.1 Å². The Kier molecular flexibility index (Phi) is 3.32. The van der Waals surface area contributed by atoms with Crippen molar-refractivity contribution in [2.45, 2.75) is 25.4 Å². The largest absolute Gasteiger partial charge is 0.264 e. The van der Waals surface area contributed by atoms with Crippen molar-refractivity contribution in [2.24, 2.45) is 0 Å². The first kappa shape index (κ1) is 12.0. The molecule has 88 valence electrons. The molecule has 4 nitrogen and oxygen atoms in total. The standard InChI is InChI=1S/C10H12BrNO3S/c1-16(13,14)15-10-4-2-3-7-8(10)5-12-6-9(7)11/h5-6,10H,2-4H2,1H3. The van der Waals surface area contributed by atoms with E-state index in [1.165, 1.54) is 0 Å². The van der Waals surface area contributed by atoms with Crippen LogP contribution in [-0.2, 0) is 20.7 Å². The smallest absolute Gasteiger partial charge is 0.263 e. The van der Waals surface area contributed by atoms with Crippen molar-refractivity contribution in [1.29, 1.82) is 0 Å². The highest BCUT2D eigenvalue weighted by Gasteiger charge is 2.25. The number of hydrogen-bond acceptors (Lipinski definition) is 4. The molecule has 0 spiro atoms. The van der Waals surface area contributed by atoms with Crippen LogP contribution in [-0.4, -0.2) is 19.7 Å². The summed E-state index contributed by atoms with van der Waals surface area (Å²) >= 11 is 3.42. The lowest BCUT2D eigenvalue weighted by Gasteiger charge is -2.24. The Morgan fingerprint density at radius 1 is 1.50 bits per heavy atom. The summed E-state index contributed by atoms with van der Waals surface area (Å²) in [4.78, 5) is 4.06. The van der Waals surface area contributed by atoms with Crippen LogP contribution in [0, 0.1) is 0 Å². The van der Waals surface area contributed by atoms with E-state index < -0.39 is 10.1 Å². The summed E-state index contributed by atoms with van der Waals surface area (Å²) in [7, 11) is -3.42. The van der Waals surface area contributed by atoms with E-state index in [2.05, 4.69) is 20.9 Å². The molecule has 1 aromatic rings. The number of nitrogens with zero attached hydrogens (tertiary/aromatic N) is 1. The summed E-state index contributed by atoms with van der Waals surface area (Å²) in [6.45, 7) is 0. The minimum atomic E-state index is -3.42. The summed E-state index contributed by atoms with van der Waals surface area (Å²) in [5.41, 5.74) is 1.99. The molecule has 6 heteroatoms. The Morgan fingerprint density at radius 3 is 2.94 bits per heavy atom. The van der Waals surface area contributed by atoms with Gasteiger partial charge in [-0.3, -0.25) is 9.17 Å². The van der Waals surface area contributed by atoms with Gasteiger partial charge in [0.15, 0.2) is 0 Å². The number of halogens is 1. The molecule has 1 aliphatic carbocycles. The van der Waals surface area contributed by atoms with E-state index in [1.807, 2.05) is 0 Å². The van der Waals surface area contributed by atoms with Crippen LogP contribution < -0.4 is 0 Å². The van der Waals surface area contributed by atoms with Gasteiger partial charge in [-0.15, -0.1) is 0 Å². The molecule has 1 atom stereocenters. The maximum absolute atomic E-state index is 11.1. The van der Waals surface area contributed by atoms with E-state index in [1.54, 1.807) is 12.4 Å². The second-order valence-corrected chi connectivity index (χ2v) is 6.33. The monoisotopic (exact) mass is 305 g/mol. The van der Waals surface area contributed by atoms with Gasteiger partial charge in [0.05, 0.1) is 6.26 Å². The highest BCUT2D eigenvalue weighted by molar-refractivity contribution is 9.10. The summed E-state index contributed by atoms with van der Waals surface area (Å²) < 4.78 is 28.3. The first-order valence-electron chi connectivity index (χ1n) is 4.98. The van der Waals surface area contributed by atoms with Crippen LogP contribution in [0.3, 0.4) is 0 Å². The average molecular weight is 306 g/mol. The first-order chi connectivity index (χ1) is 7.47. The summed E-state index contributed by atoms with van der Waals surface area (Å²) in [5, 5.41) is 0. The molecule has 0 saturated carbocycles. The SMILES string of the molecule is CS(=O)(=O)OC1CCCc2c(Br)cncc21. The van der Waals surface area contributed by atoms with Gasteiger partial charge < -0.3 is 0 Å². The van der Waals surface area contributed by atoms with Crippen molar-refractivity contribution in [3.05, 3.63) is 28.0 Å². The van der Waals surface area contributed by atoms with Crippen LogP contribution in [0.5, 0.6) is 0 Å². The number of fused-ring (bicyclic) bond motifs is 1. The molecule has 1 unspecified atom stereocenters. The number of aromatic nitrogens is 1. The molecule has 0 N–H and O–H groups in total. The van der Waals surface area contributed by atoms with Gasteiger partial charge >= 0.3 is 0 Å². The van der Waals surface area contributed by atoms with Gasteiger partial charge in [0.2, 0.25) is 0 Å². The predicted octanol–water partition coefficient (Wildman–Crippen LogP) is 2.20. The lowest BCUT2D eigenvalue weighted by molar-refractivity contribution is 0.192. The molecule has 2 rings (SSSR count). The van der Waals surface area contributed by atoms with Gasteiger partial charge in [-0.05, 0) is 40.8 Å². The molecular weight excluding hydrogens is 294 g/mol. The van der Waals surface area contributed by atoms with Crippen LogP contribution in [0.2, 0.25) is 0 Å². The topological polar surface area (TPSA) is 56.3 Å². The van der Waals surface area contributed by atoms with Gasteiger partial charge in [0.25, 0.3) is 10.1 Å². The molecule has 16 heavy (non-hydrogen) atoms. The molecule has 0 saturated heterocycles. The number of hydrogen-bond donors (Lipinski definition) is 0. The molecule has 0 bridgehead atoms. The number of rotatable bonds is 2. The van der Waals surface area contributed by atoms with Crippen LogP contribution in [0.25, 0.3) is 0 Å². The average Bonchev–Trinajstić information content (AvgIpc) is 2.17. The summed E-state index contributed by atoms with van der Waals surface area (Å²) in [5.74, 6) is 0. The van der Waals surface area contributed by atoms with E-state index >= 15 is 0 Å². The van der Waals surface area contributed by atoms with Gasteiger partial charge in [0, 0.05) is 22.4 Å². The molecule has 0 aromatic carbocycles. The molecule has 1 heterocycles. The van der Waals surface area contributed by atoms with E-state index in [4.69, 9.17) is 4.18 Å². The zero-order chi connectivity index (χ0) is 11.8. The highest BCUT2D eigenvalue weighted by Crippen LogP contribution is 2.36. The molecular formula is C10H12BrNO3S. The highest BCUT2D eigenvalue weighted by atomic mass is 79.9. The van der Waals surface area contributed by atoms with Gasteiger partial charge in [-0.25, -0.2) is 0 Å². The van der Waals surface area contributed by atoms with Crippen molar-refractivity contribution in [3.8, 4) is 0 Å². The minimum Gasteiger partial charge on any atom is -0.263 e. The fourth-order valence-electron chi connectivity index (χ4n) is 1.95. The fourth-order valence-corrected chi connectivity index (χ4v) is 3.12. The van der Waals surface area contributed by atoms with E-state index in [0.717, 1.165) is 41.1 Å². The van der Waals surface area contributed by atoms with Crippen molar-refractivity contribution in [2.75, 3.05) is 6.26 Å². The number of pyridine rings is 1. The molecule has 0 amide bonds. The van der Waals surface area contributed by atoms with Crippen molar-refractivity contribution in [1.82, 2.24) is 4.98 Å². The Hall–Kier alpha value is -0.460. The van der Waals surface area contributed by atoms with Crippen LogP contribution in [0.4, 0.5) is 0 Å². The Labute approximate surface area is 103 Å². The molecule has 0 radical (unpaired) electrons. The lowest BCUT2D eigenvalue weighted by Crippen LogP contribution is -2.17. The van der Waals surface area contributed by atoms with E-state index in [9.17, 15) is 8.42 Å². The third-order valence-electron chi connectivity index (χ3n) is 2.57. The van der Waals surface area contributed by atoms with Gasteiger partial charge in [-0.2, -0.15) is 8.42 Å². The lowest BCUT2D eigenvalue weighted by atomic mass is 9.91. The zero-order valence-electron chi connectivity index (χ0n) is 8.81. The Bertz CT molecular complexity index is 501. The fraction of sp³-hybridized carbons (Fsp3) is 0.500. The van der Waals surface area contributed by atoms with Crippen molar-refractivity contribution < 1.29 is 12.6 Å². The van der Waals surface area contributed by atoms with Gasteiger partial charge in [0.1, 0.15) is 6.10 Å². The maximum atomic E-state index is 11.1. The third kappa shape index (κ3) is 2.61. The zero-order valence-corrected chi connectivity index (χ0v) is 11.2. The van der Waals surface area contributed by atoms with Crippen LogP contribution in [0.15, 0.2) is 16.9 Å². The summed E-state index contributed by atoms with van der Waals surface area (Å²) in [6, 6.07) is 0. The second-order valence-electron chi connectivity index (χ2n) is 3.87. The maximum Gasteiger partial charge on any atom is 0.264 e. The normalized spacial score (nSPS) is 20.5. The molecule has 1 aliphatic rings. The quantitative estimate of drug-likeness (QED) is 0.786. The molecule has 1 aromatic heterocycles. The third-order valence-corrected chi connectivity index (χ3v) is 3.83. The van der Waals surface area contributed by atoms with Crippen molar-refractivity contribution in [3.63, 3.8) is 0 Å². The van der Waals surface area contributed by atoms with Crippen molar-refractivity contribution >= 4 is 26.0 Å². The first-order valence-corrected chi connectivity index (χ1v) is 7.59. The molecule has 0 aliphatic heterocycles. The minimum absolute atomic E-state index is 0.385. The Morgan fingerprint density at radius 2 is 2.25 bits per heavy atom. The second kappa shape index (κ2) is 4.43. The summed E-state index contributed by atoms with van der Waals surface area (Å²) in [6.07, 6.45) is 6.68. The van der Waals surface area contributed by atoms with E-state index in [-0.39, 0.29) is 6.10 Å². The van der Waals surface area contributed by atoms with Crippen LogP contribution >= 0.6 is 15.9 Å².